The van der Waals surface area contributed by atoms with Gasteiger partial charge in [-0.25, -0.2) is 0 Å². The third kappa shape index (κ3) is 3.93. The Morgan fingerprint density at radius 3 is 2.78 bits per heavy atom. The Morgan fingerprint density at radius 2 is 2.00 bits per heavy atom. The van der Waals surface area contributed by atoms with E-state index in [4.69, 9.17) is 21.7 Å². The quantitative estimate of drug-likeness (QED) is 0.873. The minimum absolute atomic E-state index is 0.0489. The first-order chi connectivity index (χ1) is 11.1. The van der Waals surface area contributed by atoms with Gasteiger partial charge in [-0.2, -0.15) is 0 Å². The van der Waals surface area contributed by atoms with E-state index in [1.807, 2.05) is 48.3 Å². The second-order valence-corrected chi connectivity index (χ2v) is 6.06. The molecule has 0 bridgehead atoms. The predicted molar refractivity (Wildman–Crippen MR) is 96.4 cm³/mol. The summed E-state index contributed by atoms with van der Waals surface area (Å²) in [5, 5.41) is 3.92. The number of benzene rings is 2. The highest BCUT2D eigenvalue weighted by molar-refractivity contribution is 7.80. The van der Waals surface area contributed by atoms with Gasteiger partial charge in [0.15, 0.2) is 22.7 Å². The first-order valence-electron chi connectivity index (χ1n) is 7.59. The van der Waals surface area contributed by atoms with Gasteiger partial charge in [-0.3, -0.25) is 0 Å². The molecule has 120 valence electrons. The Balaban J connectivity index is 1.57. The van der Waals surface area contributed by atoms with Crippen LogP contribution in [-0.2, 0) is 0 Å². The molecular formula is C18H20N2O2S. The SMILES string of the molecule is Cc1cccc(NC(=S)N(C)C[C@@H]2COc3ccccc3O2)c1. The molecule has 1 aliphatic heterocycles. The van der Waals surface area contributed by atoms with Gasteiger partial charge in [-0.1, -0.05) is 24.3 Å². The van der Waals surface area contributed by atoms with Gasteiger partial charge < -0.3 is 19.7 Å². The first-order valence-corrected chi connectivity index (χ1v) is 8.00. The molecule has 0 unspecified atom stereocenters. The Labute approximate surface area is 142 Å². The second kappa shape index (κ2) is 6.87. The maximum absolute atomic E-state index is 5.97. The van der Waals surface area contributed by atoms with E-state index in [1.165, 1.54) is 5.56 Å². The van der Waals surface area contributed by atoms with Gasteiger partial charge in [0.25, 0.3) is 0 Å². The molecule has 0 aromatic heterocycles. The van der Waals surface area contributed by atoms with E-state index in [9.17, 15) is 0 Å². The summed E-state index contributed by atoms with van der Waals surface area (Å²) >= 11 is 5.47. The molecule has 0 spiro atoms. The Bertz CT molecular complexity index is 705. The van der Waals surface area contributed by atoms with Gasteiger partial charge in [0.2, 0.25) is 0 Å². The van der Waals surface area contributed by atoms with Gasteiger partial charge in [0, 0.05) is 12.7 Å². The molecule has 3 rings (SSSR count). The normalized spacial score (nSPS) is 15.8. The fourth-order valence-corrected chi connectivity index (χ4v) is 2.68. The zero-order valence-electron chi connectivity index (χ0n) is 13.3. The molecule has 2 aromatic carbocycles. The lowest BCUT2D eigenvalue weighted by Gasteiger charge is -2.30. The number of nitrogens with zero attached hydrogens (tertiary/aromatic N) is 1. The van der Waals surface area contributed by atoms with Crippen LogP contribution in [0.3, 0.4) is 0 Å². The minimum atomic E-state index is -0.0489. The zero-order valence-corrected chi connectivity index (χ0v) is 14.1. The van der Waals surface area contributed by atoms with Crippen molar-refractivity contribution in [3.05, 3.63) is 54.1 Å². The van der Waals surface area contributed by atoms with Crippen molar-refractivity contribution < 1.29 is 9.47 Å². The third-order valence-electron chi connectivity index (χ3n) is 3.66. The summed E-state index contributed by atoms with van der Waals surface area (Å²) in [6.45, 7) is 3.24. The van der Waals surface area contributed by atoms with Crippen molar-refractivity contribution in [1.29, 1.82) is 0 Å². The molecule has 23 heavy (non-hydrogen) atoms. The number of para-hydroxylation sites is 2. The summed E-state index contributed by atoms with van der Waals surface area (Å²) in [6, 6.07) is 15.9. The topological polar surface area (TPSA) is 33.7 Å². The van der Waals surface area contributed by atoms with Crippen LogP contribution < -0.4 is 14.8 Å². The summed E-state index contributed by atoms with van der Waals surface area (Å²) in [4.78, 5) is 1.97. The zero-order chi connectivity index (χ0) is 16.2. The van der Waals surface area contributed by atoms with Crippen molar-refractivity contribution in [3.63, 3.8) is 0 Å². The van der Waals surface area contributed by atoms with Gasteiger partial charge in [0.05, 0.1) is 6.54 Å². The molecule has 0 saturated heterocycles. The lowest BCUT2D eigenvalue weighted by atomic mass is 10.2. The number of nitrogens with one attached hydrogen (secondary N) is 1. The van der Waals surface area contributed by atoms with E-state index in [-0.39, 0.29) is 6.10 Å². The van der Waals surface area contributed by atoms with E-state index >= 15 is 0 Å². The molecule has 1 aliphatic rings. The van der Waals surface area contributed by atoms with Crippen molar-refractivity contribution in [3.8, 4) is 11.5 Å². The van der Waals surface area contributed by atoms with Crippen molar-refractivity contribution in [2.75, 3.05) is 25.5 Å². The van der Waals surface area contributed by atoms with E-state index in [0.717, 1.165) is 17.2 Å². The van der Waals surface area contributed by atoms with E-state index in [0.29, 0.717) is 18.3 Å². The summed E-state index contributed by atoms with van der Waals surface area (Å²) in [5.41, 5.74) is 2.19. The fourth-order valence-electron chi connectivity index (χ4n) is 2.48. The molecule has 4 nitrogen and oxygen atoms in total. The number of hydrogen-bond donors (Lipinski definition) is 1. The van der Waals surface area contributed by atoms with Gasteiger partial charge >= 0.3 is 0 Å². The number of thiocarbonyl (C=S) groups is 1. The van der Waals surface area contributed by atoms with E-state index in [2.05, 4.69) is 24.4 Å². The van der Waals surface area contributed by atoms with Crippen LogP contribution in [0.5, 0.6) is 11.5 Å². The molecule has 0 radical (unpaired) electrons. The average Bonchev–Trinajstić information content (AvgIpc) is 2.54. The van der Waals surface area contributed by atoms with Crippen molar-refractivity contribution in [1.82, 2.24) is 4.90 Å². The van der Waals surface area contributed by atoms with Crippen LogP contribution in [0.4, 0.5) is 5.69 Å². The monoisotopic (exact) mass is 328 g/mol. The summed E-state index contributed by atoms with van der Waals surface area (Å²) in [6.07, 6.45) is -0.0489. The smallest absolute Gasteiger partial charge is 0.173 e. The second-order valence-electron chi connectivity index (χ2n) is 5.68. The maximum atomic E-state index is 5.97. The number of rotatable bonds is 3. The van der Waals surface area contributed by atoms with E-state index in [1.54, 1.807) is 0 Å². The Kier molecular flexibility index (Phi) is 4.67. The number of likely N-dealkylation sites (N-methyl/N-ethyl adjacent to an activating group) is 1. The molecule has 0 aliphatic carbocycles. The Hall–Kier alpha value is -2.27. The number of anilines is 1. The number of ether oxygens (including phenoxy) is 2. The number of hydrogen-bond acceptors (Lipinski definition) is 3. The van der Waals surface area contributed by atoms with Crippen molar-refractivity contribution in [2.24, 2.45) is 0 Å². The van der Waals surface area contributed by atoms with Crippen LogP contribution in [-0.4, -0.2) is 36.3 Å². The highest BCUT2D eigenvalue weighted by Gasteiger charge is 2.22. The van der Waals surface area contributed by atoms with Crippen LogP contribution >= 0.6 is 12.2 Å². The molecule has 0 fully saturated rings. The standard InChI is InChI=1S/C18H20N2O2S/c1-13-6-5-7-14(10-13)19-18(23)20(2)11-15-12-21-16-8-3-4-9-17(16)22-15/h3-10,15H,11-12H2,1-2H3,(H,19,23)/t15-/m1/s1. The maximum Gasteiger partial charge on any atom is 0.173 e. The van der Waals surface area contributed by atoms with Gasteiger partial charge in [-0.15, -0.1) is 0 Å². The van der Waals surface area contributed by atoms with Gasteiger partial charge in [0.1, 0.15) is 6.61 Å². The highest BCUT2D eigenvalue weighted by Crippen LogP contribution is 2.30. The summed E-state index contributed by atoms with van der Waals surface area (Å²) in [7, 11) is 1.95. The van der Waals surface area contributed by atoms with Crippen LogP contribution in [0.15, 0.2) is 48.5 Å². The van der Waals surface area contributed by atoms with Crippen molar-refractivity contribution >= 4 is 23.0 Å². The largest absolute Gasteiger partial charge is 0.486 e. The predicted octanol–water partition coefficient (Wildman–Crippen LogP) is 3.46. The van der Waals surface area contributed by atoms with E-state index < -0.39 is 0 Å². The molecule has 1 atom stereocenters. The van der Waals surface area contributed by atoms with Crippen molar-refractivity contribution in [2.45, 2.75) is 13.0 Å². The van der Waals surface area contributed by atoms with Crippen LogP contribution in [0.2, 0.25) is 0 Å². The molecule has 5 heteroatoms. The number of fused-ring (bicyclic) bond motifs is 1. The molecule has 1 heterocycles. The fraction of sp³-hybridized carbons (Fsp3) is 0.278. The summed E-state index contributed by atoms with van der Waals surface area (Å²) in [5.74, 6) is 1.58. The summed E-state index contributed by atoms with van der Waals surface area (Å²) < 4.78 is 11.7. The lowest BCUT2D eigenvalue weighted by Crippen LogP contribution is -2.43. The minimum Gasteiger partial charge on any atom is -0.486 e. The lowest BCUT2D eigenvalue weighted by molar-refractivity contribution is 0.0784. The van der Waals surface area contributed by atoms with Crippen LogP contribution in [0.25, 0.3) is 0 Å². The molecule has 0 amide bonds. The third-order valence-corrected chi connectivity index (χ3v) is 4.07. The molecular weight excluding hydrogens is 308 g/mol. The average molecular weight is 328 g/mol. The van der Waals surface area contributed by atoms with Crippen LogP contribution in [0.1, 0.15) is 5.56 Å². The molecule has 1 N–H and O–H groups in total. The van der Waals surface area contributed by atoms with Crippen LogP contribution in [0, 0.1) is 6.92 Å². The van der Waals surface area contributed by atoms with Gasteiger partial charge in [-0.05, 0) is 49.0 Å². The highest BCUT2D eigenvalue weighted by atomic mass is 32.1. The molecule has 0 saturated carbocycles. The first kappa shape index (κ1) is 15.6. The Morgan fingerprint density at radius 1 is 1.22 bits per heavy atom. The number of aryl methyl sites for hydroxylation is 1. The molecule has 2 aromatic rings.